The van der Waals surface area contributed by atoms with Gasteiger partial charge in [0.25, 0.3) is 5.91 Å². The third kappa shape index (κ3) is 4.31. The van der Waals surface area contributed by atoms with Gasteiger partial charge in [-0.25, -0.2) is 0 Å². The van der Waals surface area contributed by atoms with Gasteiger partial charge in [0, 0.05) is 24.3 Å². The van der Waals surface area contributed by atoms with Crippen molar-refractivity contribution in [1.82, 2.24) is 5.32 Å². The standard InChI is InChI=1S/C14H19NO4S/c16-13(17)4-2-1-3-6-15-14(18)12-8-10-9-19-7-5-11(10)20-12/h8H,1-7,9H2,(H,15,18)(H,16,17). The summed E-state index contributed by atoms with van der Waals surface area (Å²) >= 11 is 1.55. The van der Waals surface area contributed by atoms with E-state index in [9.17, 15) is 9.59 Å². The quantitative estimate of drug-likeness (QED) is 0.757. The largest absolute Gasteiger partial charge is 0.481 e. The van der Waals surface area contributed by atoms with Crippen LogP contribution in [0, 0.1) is 0 Å². The van der Waals surface area contributed by atoms with E-state index in [1.54, 1.807) is 11.3 Å². The van der Waals surface area contributed by atoms with Gasteiger partial charge in [0.05, 0.1) is 18.1 Å². The molecule has 1 aromatic rings. The van der Waals surface area contributed by atoms with Crippen LogP contribution in [0.25, 0.3) is 0 Å². The Morgan fingerprint density at radius 3 is 2.95 bits per heavy atom. The maximum absolute atomic E-state index is 12.0. The fraction of sp³-hybridized carbons (Fsp3) is 0.571. The summed E-state index contributed by atoms with van der Waals surface area (Å²) < 4.78 is 5.36. The van der Waals surface area contributed by atoms with Crippen molar-refractivity contribution in [3.05, 3.63) is 21.4 Å². The molecule has 0 fully saturated rings. The minimum Gasteiger partial charge on any atom is -0.481 e. The zero-order valence-electron chi connectivity index (χ0n) is 11.3. The number of hydrogen-bond donors (Lipinski definition) is 2. The molecule has 110 valence electrons. The first kappa shape index (κ1) is 15.0. The SMILES string of the molecule is O=C(O)CCCCCNC(=O)c1cc2c(s1)CCOC2. The van der Waals surface area contributed by atoms with Crippen molar-refractivity contribution in [1.29, 1.82) is 0 Å². The second kappa shape index (κ2) is 7.40. The highest BCUT2D eigenvalue weighted by molar-refractivity contribution is 7.14. The lowest BCUT2D eigenvalue weighted by Gasteiger charge is -2.10. The van der Waals surface area contributed by atoms with Gasteiger partial charge in [0.15, 0.2) is 0 Å². The summed E-state index contributed by atoms with van der Waals surface area (Å²) in [5.74, 6) is -0.803. The molecule has 1 amide bonds. The van der Waals surface area contributed by atoms with E-state index in [1.165, 1.54) is 4.88 Å². The lowest BCUT2D eigenvalue weighted by molar-refractivity contribution is -0.137. The van der Waals surface area contributed by atoms with Crippen LogP contribution in [0.15, 0.2) is 6.07 Å². The van der Waals surface area contributed by atoms with E-state index in [1.807, 2.05) is 6.07 Å². The molecule has 0 bridgehead atoms. The van der Waals surface area contributed by atoms with E-state index in [-0.39, 0.29) is 12.3 Å². The second-order valence-electron chi connectivity index (χ2n) is 4.82. The number of carboxylic acid groups (broad SMARTS) is 1. The molecule has 0 aliphatic carbocycles. The predicted molar refractivity (Wildman–Crippen MR) is 76.1 cm³/mol. The van der Waals surface area contributed by atoms with Crippen molar-refractivity contribution in [2.24, 2.45) is 0 Å². The van der Waals surface area contributed by atoms with E-state index in [2.05, 4.69) is 5.32 Å². The van der Waals surface area contributed by atoms with Crippen molar-refractivity contribution in [2.75, 3.05) is 13.2 Å². The maximum atomic E-state index is 12.0. The van der Waals surface area contributed by atoms with Crippen LogP contribution in [-0.4, -0.2) is 30.1 Å². The van der Waals surface area contributed by atoms with E-state index in [0.29, 0.717) is 19.6 Å². The smallest absolute Gasteiger partial charge is 0.303 e. The first-order valence-corrected chi connectivity index (χ1v) is 7.68. The van der Waals surface area contributed by atoms with Crippen LogP contribution in [0.3, 0.4) is 0 Å². The Morgan fingerprint density at radius 2 is 2.20 bits per heavy atom. The monoisotopic (exact) mass is 297 g/mol. The van der Waals surface area contributed by atoms with Crippen LogP contribution in [-0.2, 0) is 22.6 Å². The number of ether oxygens (including phenoxy) is 1. The van der Waals surface area contributed by atoms with Gasteiger partial charge in [0.2, 0.25) is 0 Å². The predicted octanol–water partition coefficient (Wildman–Crippen LogP) is 2.20. The zero-order valence-corrected chi connectivity index (χ0v) is 12.1. The first-order valence-electron chi connectivity index (χ1n) is 6.86. The Morgan fingerprint density at radius 1 is 1.35 bits per heavy atom. The summed E-state index contributed by atoms with van der Waals surface area (Å²) in [5.41, 5.74) is 1.13. The molecule has 0 spiro atoms. The average molecular weight is 297 g/mol. The molecule has 1 aliphatic rings. The molecule has 2 N–H and O–H groups in total. The van der Waals surface area contributed by atoms with Crippen LogP contribution in [0.2, 0.25) is 0 Å². The van der Waals surface area contributed by atoms with E-state index < -0.39 is 5.97 Å². The molecular formula is C14H19NO4S. The fourth-order valence-electron chi connectivity index (χ4n) is 2.13. The van der Waals surface area contributed by atoms with Crippen molar-refractivity contribution in [3.63, 3.8) is 0 Å². The molecular weight excluding hydrogens is 278 g/mol. The van der Waals surface area contributed by atoms with E-state index in [0.717, 1.165) is 36.3 Å². The number of carboxylic acids is 1. The summed E-state index contributed by atoms with van der Waals surface area (Å²) in [4.78, 5) is 24.3. The van der Waals surface area contributed by atoms with Crippen LogP contribution in [0.1, 0.15) is 45.8 Å². The number of thiophene rings is 1. The Bertz CT molecular complexity index is 460. The normalized spacial score (nSPS) is 13.8. The molecule has 20 heavy (non-hydrogen) atoms. The van der Waals surface area contributed by atoms with Crippen LogP contribution >= 0.6 is 11.3 Å². The third-order valence-corrected chi connectivity index (χ3v) is 4.44. The highest BCUT2D eigenvalue weighted by Gasteiger charge is 2.17. The highest BCUT2D eigenvalue weighted by atomic mass is 32.1. The number of unbranched alkanes of at least 4 members (excludes halogenated alkanes) is 2. The van der Waals surface area contributed by atoms with Gasteiger partial charge in [-0.1, -0.05) is 6.42 Å². The van der Waals surface area contributed by atoms with E-state index >= 15 is 0 Å². The molecule has 0 atom stereocenters. The lowest BCUT2D eigenvalue weighted by Crippen LogP contribution is -2.23. The van der Waals surface area contributed by atoms with Crippen molar-refractivity contribution >= 4 is 23.2 Å². The maximum Gasteiger partial charge on any atom is 0.303 e. The number of hydrogen-bond acceptors (Lipinski definition) is 4. The Balaban J connectivity index is 1.69. The molecule has 0 saturated carbocycles. The Labute approximate surface area is 121 Å². The van der Waals surface area contributed by atoms with Crippen molar-refractivity contribution in [3.8, 4) is 0 Å². The molecule has 0 unspecified atom stereocenters. The van der Waals surface area contributed by atoms with Crippen LogP contribution in [0.5, 0.6) is 0 Å². The van der Waals surface area contributed by atoms with Gasteiger partial charge < -0.3 is 15.2 Å². The molecule has 6 heteroatoms. The summed E-state index contributed by atoms with van der Waals surface area (Å²) in [5, 5.41) is 11.4. The summed E-state index contributed by atoms with van der Waals surface area (Å²) in [6.45, 7) is 1.93. The number of carbonyl (C=O) groups excluding carboxylic acids is 1. The highest BCUT2D eigenvalue weighted by Crippen LogP contribution is 2.26. The van der Waals surface area contributed by atoms with Crippen LogP contribution in [0.4, 0.5) is 0 Å². The number of aliphatic carboxylic acids is 1. The molecule has 0 saturated heterocycles. The molecule has 1 aromatic heterocycles. The zero-order chi connectivity index (χ0) is 14.4. The molecule has 1 aliphatic heterocycles. The van der Waals surface area contributed by atoms with Gasteiger partial charge in [0.1, 0.15) is 0 Å². The molecule has 2 rings (SSSR count). The topological polar surface area (TPSA) is 75.6 Å². The van der Waals surface area contributed by atoms with Gasteiger partial charge >= 0.3 is 5.97 Å². The molecule has 2 heterocycles. The molecule has 0 radical (unpaired) electrons. The van der Waals surface area contributed by atoms with Gasteiger partial charge in [-0.3, -0.25) is 9.59 Å². The Kier molecular flexibility index (Phi) is 5.55. The summed E-state index contributed by atoms with van der Waals surface area (Å²) in [7, 11) is 0. The molecule has 5 nitrogen and oxygen atoms in total. The van der Waals surface area contributed by atoms with Gasteiger partial charge in [-0.05, 0) is 24.5 Å². The fourth-order valence-corrected chi connectivity index (χ4v) is 3.19. The minimum absolute atomic E-state index is 0.0392. The van der Waals surface area contributed by atoms with Gasteiger partial charge in [-0.15, -0.1) is 11.3 Å². The number of rotatable bonds is 7. The average Bonchev–Trinajstić information content (AvgIpc) is 2.86. The third-order valence-electron chi connectivity index (χ3n) is 3.20. The Hall–Kier alpha value is -1.40. The number of amides is 1. The number of carbonyl (C=O) groups is 2. The van der Waals surface area contributed by atoms with Gasteiger partial charge in [-0.2, -0.15) is 0 Å². The first-order chi connectivity index (χ1) is 9.66. The van der Waals surface area contributed by atoms with Crippen molar-refractivity contribution < 1.29 is 19.4 Å². The van der Waals surface area contributed by atoms with Crippen molar-refractivity contribution in [2.45, 2.75) is 38.7 Å². The summed E-state index contributed by atoms with van der Waals surface area (Å²) in [6.07, 6.45) is 3.39. The summed E-state index contributed by atoms with van der Waals surface area (Å²) in [6, 6.07) is 1.92. The minimum atomic E-state index is -0.763. The molecule has 0 aromatic carbocycles. The number of nitrogens with one attached hydrogen (secondary N) is 1. The lowest BCUT2D eigenvalue weighted by atomic mass is 10.2. The number of fused-ring (bicyclic) bond motifs is 1. The second-order valence-corrected chi connectivity index (χ2v) is 5.96. The van der Waals surface area contributed by atoms with E-state index in [4.69, 9.17) is 9.84 Å². The van der Waals surface area contributed by atoms with Crippen LogP contribution < -0.4 is 5.32 Å².